The average Bonchev–Trinajstić information content (AvgIpc) is 2.84. The van der Waals surface area contributed by atoms with Crippen LogP contribution < -0.4 is 0 Å². The lowest BCUT2D eigenvalue weighted by molar-refractivity contribution is -0.115. The van der Waals surface area contributed by atoms with Crippen molar-refractivity contribution in [2.75, 3.05) is 0 Å². The highest BCUT2D eigenvalue weighted by molar-refractivity contribution is 5.91. The highest BCUT2D eigenvalue weighted by Gasteiger charge is 2.56. The van der Waals surface area contributed by atoms with Crippen molar-refractivity contribution in [3.05, 3.63) is 23.8 Å². The van der Waals surface area contributed by atoms with Gasteiger partial charge in [-0.25, -0.2) is 0 Å². The number of fused-ring (bicyclic) bond motifs is 5. The van der Waals surface area contributed by atoms with E-state index in [0.717, 1.165) is 25.7 Å². The van der Waals surface area contributed by atoms with E-state index >= 15 is 0 Å². The van der Waals surface area contributed by atoms with Gasteiger partial charge in [-0.1, -0.05) is 19.1 Å². The Labute approximate surface area is 127 Å². The molecule has 0 aromatic rings. The molecule has 114 valence electrons. The Hall–Kier alpha value is -0.890. The zero-order valence-electron chi connectivity index (χ0n) is 12.9. The molecule has 2 heteroatoms. The van der Waals surface area contributed by atoms with Gasteiger partial charge in [0.05, 0.1) is 6.10 Å². The summed E-state index contributed by atoms with van der Waals surface area (Å²) in [4.78, 5) is 11.7. The van der Waals surface area contributed by atoms with E-state index in [1.807, 2.05) is 6.08 Å². The molecule has 2 nitrogen and oxygen atoms in total. The molecule has 4 rings (SSSR count). The lowest BCUT2D eigenvalue weighted by Gasteiger charge is -2.52. The predicted molar refractivity (Wildman–Crippen MR) is 82.6 cm³/mol. The van der Waals surface area contributed by atoms with Crippen molar-refractivity contribution in [1.82, 2.24) is 0 Å². The summed E-state index contributed by atoms with van der Waals surface area (Å²) in [6.45, 7) is 2.26. The number of ketones is 1. The molecule has 0 aromatic carbocycles. The van der Waals surface area contributed by atoms with E-state index in [1.54, 1.807) is 0 Å². The van der Waals surface area contributed by atoms with Gasteiger partial charge in [0, 0.05) is 6.42 Å². The van der Waals surface area contributed by atoms with Gasteiger partial charge in [0.2, 0.25) is 0 Å². The molecule has 4 aliphatic rings. The van der Waals surface area contributed by atoms with Crippen LogP contribution in [0.5, 0.6) is 0 Å². The van der Waals surface area contributed by atoms with Crippen LogP contribution in [0.1, 0.15) is 51.9 Å². The topological polar surface area (TPSA) is 37.3 Å². The number of aliphatic hydroxyl groups is 1. The monoisotopic (exact) mass is 286 g/mol. The number of rotatable bonds is 1. The zero-order chi connectivity index (χ0) is 14.6. The molecular weight excluding hydrogens is 260 g/mol. The van der Waals surface area contributed by atoms with Gasteiger partial charge in [-0.05, 0) is 79.3 Å². The molecule has 0 spiro atoms. The summed E-state index contributed by atoms with van der Waals surface area (Å²) < 4.78 is 0. The molecule has 0 aliphatic heterocycles. The van der Waals surface area contributed by atoms with Crippen molar-refractivity contribution in [3.8, 4) is 0 Å². The van der Waals surface area contributed by atoms with Gasteiger partial charge in [-0.3, -0.25) is 4.79 Å². The summed E-state index contributed by atoms with van der Waals surface area (Å²) in [5, 5.41) is 10.6. The summed E-state index contributed by atoms with van der Waals surface area (Å²) in [6.07, 6.45) is 13.9. The molecule has 1 N–H and O–H groups in total. The molecule has 4 aliphatic carbocycles. The number of hydrogen-bond donors (Lipinski definition) is 1. The maximum Gasteiger partial charge on any atom is 0.155 e. The Bertz CT molecular complexity index is 518. The first-order valence-electron chi connectivity index (χ1n) is 8.76. The van der Waals surface area contributed by atoms with E-state index < -0.39 is 0 Å². The molecule has 6 atom stereocenters. The van der Waals surface area contributed by atoms with Crippen LogP contribution in [0.15, 0.2) is 23.8 Å². The Kier molecular flexibility index (Phi) is 3.15. The van der Waals surface area contributed by atoms with Crippen LogP contribution in [0.2, 0.25) is 0 Å². The quantitative estimate of drug-likeness (QED) is 0.799. The third-order valence-corrected chi connectivity index (χ3v) is 7.20. The van der Waals surface area contributed by atoms with Crippen LogP contribution in [0.3, 0.4) is 0 Å². The van der Waals surface area contributed by atoms with Crippen LogP contribution in [0.4, 0.5) is 0 Å². The van der Waals surface area contributed by atoms with Gasteiger partial charge >= 0.3 is 0 Å². The molecule has 0 heterocycles. The van der Waals surface area contributed by atoms with Crippen LogP contribution in [-0.2, 0) is 4.79 Å². The Morgan fingerprint density at radius 2 is 2.14 bits per heavy atom. The van der Waals surface area contributed by atoms with E-state index in [1.165, 1.54) is 24.8 Å². The molecule has 0 amide bonds. The first kappa shape index (κ1) is 13.8. The highest BCUT2D eigenvalue weighted by atomic mass is 16.3. The van der Waals surface area contributed by atoms with Crippen LogP contribution in [0.25, 0.3) is 0 Å². The summed E-state index contributed by atoms with van der Waals surface area (Å²) in [5.74, 6) is 2.91. The van der Waals surface area contributed by atoms with E-state index in [2.05, 4.69) is 19.1 Å². The van der Waals surface area contributed by atoms with Gasteiger partial charge in [-0.2, -0.15) is 0 Å². The minimum Gasteiger partial charge on any atom is -0.393 e. The molecule has 0 saturated heterocycles. The first-order valence-corrected chi connectivity index (χ1v) is 8.76. The largest absolute Gasteiger partial charge is 0.393 e. The fourth-order valence-corrected chi connectivity index (χ4v) is 6.12. The summed E-state index contributed by atoms with van der Waals surface area (Å²) in [7, 11) is 0. The summed E-state index contributed by atoms with van der Waals surface area (Å²) in [6, 6.07) is 0. The van der Waals surface area contributed by atoms with Crippen molar-refractivity contribution < 1.29 is 9.90 Å². The van der Waals surface area contributed by atoms with E-state index in [4.69, 9.17) is 0 Å². The van der Waals surface area contributed by atoms with Crippen LogP contribution in [0, 0.1) is 29.1 Å². The molecule has 0 aromatic heterocycles. The third-order valence-electron chi connectivity index (χ3n) is 7.20. The SMILES string of the molecule is CC[C@]12CC[C@H]3[C@@H](C=CC4=CC(=O)CC[C@@H]43)[C@@H]1CC[C@@H]2O. The second kappa shape index (κ2) is 4.81. The van der Waals surface area contributed by atoms with Gasteiger partial charge < -0.3 is 5.11 Å². The standard InChI is InChI=1S/C19H26O2/c1-2-19-10-9-15-14-6-4-13(20)11-12(14)3-5-16(15)17(19)7-8-18(19)21/h3,5,11,14-18,21H,2,4,6-10H2,1H3/t14-,15+,16+,17-,18-,19-/m0/s1. The number of carbonyl (C=O) groups excluding carboxylic acids is 1. The molecule has 2 fully saturated rings. The first-order chi connectivity index (χ1) is 10.2. The number of allylic oxidation sites excluding steroid dienone is 4. The summed E-state index contributed by atoms with van der Waals surface area (Å²) in [5.41, 5.74) is 1.46. The lowest BCUT2D eigenvalue weighted by atomic mass is 9.53. The number of aliphatic hydroxyl groups excluding tert-OH is 1. The van der Waals surface area contributed by atoms with Crippen molar-refractivity contribution in [2.24, 2.45) is 29.1 Å². The lowest BCUT2D eigenvalue weighted by Crippen LogP contribution is -2.47. The van der Waals surface area contributed by atoms with Gasteiger partial charge in [0.15, 0.2) is 5.78 Å². The number of carbonyl (C=O) groups is 1. The Balaban J connectivity index is 1.70. The smallest absolute Gasteiger partial charge is 0.155 e. The predicted octanol–water partition coefficient (Wildman–Crippen LogP) is 3.66. The van der Waals surface area contributed by atoms with E-state index in [-0.39, 0.29) is 11.5 Å². The Morgan fingerprint density at radius 1 is 1.29 bits per heavy atom. The fraction of sp³-hybridized carbons (Fsp3) is 0.737. The molecule has 21 heavy (non-hydrogen) atoms. The third kappa shape index (κ3) is 1.84. The van der Waals surface area contributed by atoms with Gasteiger partial charge in [0.1, 0.15) is 0 Å². The molecule has 0 radical (unpaired) electrons. The van der Waals surface area contributed by atoms with E-state index in [0.29, 0.717) is 29.5 Å². The Morgan fingerprint density at radius 3 is 2.95 bits per heavy atom. The van der Waals surface area contributed by atoms with Crippen molar-refractivity contribution in [2.45, 2.75) is 58.0 Å². The minimum atomic E-state index is -0.0910. The fourth-order valence-electron chi connectivity index (χ4n) is 6.12. The van der Waals surface area contributed by atoms with Gasteiger partial charge in [-0.15, -0.1) is 0 Å². The second-order valence-electron chi connectivity index (χ2n) is 7.68. The molecular formula is C19H26O2. The normalized spacial score (nSPS) is 48.4. The molecule has 0 unspecified atom stereocenters. The van der Waals surface area contributed by atoms with Crippen molar-refractivity contribution in [3.63, 3.8) is 0 Å². The second-order valence-corrected chi connectivity index (χ2v) is 7.68. The molecule has 2 saturated carbocycles. The number of hydrogen-bond acceptors (Lipinski definition) is 2. The molecule has 0 bridgehead atoms. The van der Waals surface area contributed by atoms with Crippen molar-refractivity contribution >= 4 is 5.78 Å². The zero-order valence-corrected chi connectivity index (χ0v) is 12.9. The summed E-state index contributed by atoms with van der Waals surface area (Å²) >= 11 is 0. The van der Waals surface area contributed by atoms with Gasteiger partial charge in [0.25, 0.3) is 0 Å². The average molecular weight is 286 g/mol. The minimum absolute atomic E-state index is 0.0910. The van der Waals surface area contributed by atoms with Crippen LogP contribution >= 0.6 is 0 Å². The maximum absolute atomic E-state index is 11.7. The van der Waals surface area contributed by atoms with E-state index in [9.17, 15) is 9.90 Å². The highest BCUT2D eigenvalue weighted by Crippen LogP contribution is 2.61. The maximum atomic E-state index is 11.7. The van der Waals surface area contributed by atoms with Crippen molar-refractivity contribution in [1.29, 1.82) is 0 Å². The van der Waals surface area contributed by atoms with Crippen LogP contribution in [-0.4, -0.2) is 17.0 Å².